The maximum atomic E-state index is 11.9. The zero-order chi connectivity index (χ0) is 14.9. The average molecular weight is 356 g/mol. The van der Waals surface area contributed by atoms with E-state index in [9.17, 15) is 4.79 Å². The maximum Gasteiger partial charge on any atom is 0.240 e. The minimum Gasteiger partial charge on any atom is -0.379 e. The van der Waals surface area contributed by atoms with Crippen LogP contribution in [0, 0.1) is 0 Å². The molecule has 0 radical (unpaired) electrons. The molecule has 0 bridgehead atoms. The molecule has 1 aromatic rings. The monoisotopic (exact) mass is 355 g/mol. The van der Waals surface area contributed by atoms with E-state index < -0.39 is 5.54 Å². The summed E-state index contributed by atoms with van der Waals surface area (Å²) in [7, 11) is 0. The molecule has 0 aliphatic carbocycles. The highest BCUT2D eigenvalue weighted by Crippen LogP contribution is 2.29. The molecule has 2 aliphatic rings. The third-order valence-corrected chi connectivity index (χ3v) is 4.85. The maximum absolute atomic E-state index is 11.9. The van der Waals surface area contributed by atoms with Crippen LogP contribution >= 0.6 is 15.9 Å². The Balaban J connectivity index is 1.70. The van der Waals surface area contributed by atoms with Gasteiger partial charge < -0.3 is 15.4 Å². The summed E-state index contributed by atoms with van der Waals surface area (Å²) in [6, 6.07) is 0. The van der Waals surface area contributed by atoms with Gasteiger partial charge in [0.05, 0.1) is 11.1 Å². The molecule has 21 heavy (non-hydrogen) atoms. The Morgan fingerprint density at radius 1 is 1.38 bits per heavy atom. The molecule has 1 atom stereocenters. The number of nitrogens with two attached hydrogens (primary N) is 1. The van der Waals surface area contributed by atoms with E-state index in [1.54, 1.807) is 12.5 Å². The second-order valence-electron chi connectivity index (χ2n) is 5.37. The summed E-state index contributed by atoms with van der Waals surface area (Å²) in [5.74, 6) is 0.608. The van der Waals surface area contributed by atoms with E-state index in [-0.39, 0.29) is 5.91 Å². The van der Waals surface area contributed by atoms with E-state index >= 15 is 0 Å². The predicted octanol–water partition coefficient (Wildman–Crippen LogP) is 0.00550. The molecule has 2 saturated heterocycles. The third-order valence-electron chi connectivity index (χ3n) is 4.29. The van der Waals surface area contributed by atoms with Crippen molar-refractivity contribution >= 4 is 27.7 Å². The zero-order valence-electron chi connectivity index (χ0n) is 11.7. The predicted molar refractivity (Wildman–Crippen MR) is 80.9 cm³/mol. The van der Waals surface area contributed by atoms with E-state index in [1.165, 1.54) is 0 Å². The lowest BCUT2D eigenvalue weighted by Crippen LogP contribution is -2.63. The molecule has 1 aromatic heterocycles. The van der Waals surface area contributed by atoms with Crippen LogP contribution in [-0.4, -0.2) is 65.7 Å². The highest BCUT2D eigenvalue weighted by atomic mass is 79.9. The summed E-state index contributed by atoms with van der Waals surface area (Å²) >= 11 is 3.47. The SMILES string of the molecule is NC(=O)C1(N2CCN(c3ncncc3Br)CC2)CCOC1. The van der Waals surface area contributed by atoms with E-state index in [0.717, 1.165) is 36.5 Å². The fourth-order valence-corrected chi connectivity index (χ4v) is 3.51. The molecule has 2 N–H and O–H groups in total. The van der Waals surface area contributed by atoms with Crippen molar-refractivity contribution in [2.24, 2.45) is 5.73 Å². The van der Waals surface area contributed by atoms with E-state index in [0.29, 0.717) is 19.6 Å². The van der Waals surface area contributed by atoms with Gasteiger partial charge in [-0.05, 0) is 15.9 Å². The number of rotatable bonds is 3. The molecule has 8 heteroatoms. The topological polar surface area (TPSA) is 84.6 Å². The zero-order valence-corrected chi connectivity index (χ0v) is 13.3. The summed E-state index contributed by atoms with van der Waals surface area (Å²) in [5, 5.41) is 0. The van der Waals surface area contributed by atoms with Gasteiger partial charge in [0, 0.05) is 45.4 Å². The van der Waals surface area contributed by atoms with Gasteiger partial charge in [0.25, 0.3) is 0 Å². The molecule has 2 aliphatic heterocycles. The summed E-state index contributed by atoms with van der Waals surface area (Å²) in [5.41, 5.74) is 5.00. The smallest absolute Gasteiger partial charge is 0.240 e. The number of anilines is 1. The van der Waals surface area contributed by atoms with Crippen molar-refractivity contribution in [3.63, 3.8) is 0 Å². The number of aromatic nitrogens is 2. The number of nitrogens with zero attached hydrogens (tertiary/aromatic N) is 4. The number of piperazine rings is 1. The quantitative estimate of drug-likeness (QED) is 0.821. The Morgan fingerprint density at radius 2 is 2.14 bits per heavy atom. The van der Waals surface area contributed by atoms with Crippen molar-refractivity contribution in [3.8, 4) is 0 Å². The van der Waals surface area contributed by atoms with Crippen LogP contribution in [0.1, 0.15) is 6.42 Å². The number of hydrogen-bond acceptors (Lipinski definition) is 6. The van der Waals surface area contributed by atoms with E-state index in [4.69, 9.17) is 10.5 Å². The number of halogens is 1. The van der Waals surface area contributed by atoms with Crippen molar-refractivity contribution < 1.29 is 9.53 Å². The first-order valence-electron chi connectivity index (χ1n) is 6.97. The van der Waals surface area contributed by atoms with Crippen LogP contribution in [0.4, 0.5) is 5.82 Å². The second-order valence-corrected chi connectivity index (χ2v) is 6.22. The van der Waals surface area contributed by atoms with Crippen LogP contribution in [0.15, 0.2) is 17.0 Å². The molecule has 0 aromatic carbocycles. The van der Waals surface area contributed by atoms with Gasteiger partial charge in [-0.15, -0.1) is 0 Å². The number of primary amides is 1. The molecule has 3 rings (SSSR count). The summed E-state index contributed by atoms with van der Waals surface area (Å²) in [6.45, 7) is 4.13. The van der Waals surface area contributed by atoms with Gasteiger partial charge in [0.15, 0.2) is 0 Å². The Labute approximate surface area is 131 Å². The Morgan fingerprint density at radius 3 is 2.71 bits per heavy atom. The van der Waals surface area contributed by atoms with Gasteiger partial charge in [0.1, 0.15) is 17.7 Å². The van der Waals surface area contributed by atoms with Crippen molar-refractivity contribution in [3.05, 3.63) is 17.0 Å². The van der Waals surface area contributed by atoms with Gasteiger partial charge >= 0.3 is 0 Å². The minimum absolute atomic E-state index is 0.281. The molecule has 1 unspecified atom stereocenters. The highest BCUT2D eigenvalue weighted by Gasteiger charge is 2.46. The summed E-state index contributed by atoms with van der Waals surface area (Å²) in [4.78, 5) is 24.5. The van der Waals surface area contributed by atoms with E-state index in [1.807, 2.05) is 0 Å². The summed E-state index contributed by atoms with van der Waals surface area (Å²) in [6.07, 6.45) is 3.96. The fourth-order valence-electron chi connectivity index (χ4n) is 3.04. The Kier molecular flexibility index (Phi) is 4.10. The lowest BCUT2D eigenvalue weighted by molar-refractivity contribution is -0.130. The van der Waals surface area contributed by atoms with Gasteiger partial charge in [-0.3, -0.25) is 9.69 Å². The highest BCUT2D eigenvalue weighted by molar-refractivity contribution is 9.10. The number of amides is 1. The number of ether oxygens (including phenoxy) is 1. The largest absolute Gasteiger partial charge is 0.379 e. The van der Waals surface area contributed by atoms with Crippen molar-refractivity contribution in [2.45, 2.75) is 12.0 Å². The Hall–Kier alpha value is -1.25. The molecule has 1 amide bonds. The Bertz CT molecular complexity index is 527. The van der Waals surface area contributed by atoms with Gasteiger partial charge in [0.2, 0.25) is 5.91 Å². The normalized spacial score (nSPS) is 27.0. The standard InChI is InChI=1S/C13H18BrN5O2/c14-10-7-16-9-17-11(10)18-2-4-19(5-3-18)13(12(15)20)1-6-21-8-13/h7,9H,1-6,8H2,(H2,15,20). The summed E-state index contributed by atoms with van der Waals surface area (Å²) < 4.78 is 6.30. The van der Waals surface area contributed by atoms with Crippen molar-refractivity contribution in [1.82, 2.24) is 14.9 Å². The first kappa shape index (κ1) is 14.7. The minimum atomic E-state index is -0.630. The van der Waals surface area contributed by atoms with Crippen LogP contribution in [0.2, 0.25) is 0 Å². The van der Waals surface area contributed by atoms with Crippen LogP contribution in [0.5, 0.6) is 0 Å². The molecule has 0 saturated carbocycles. The molecule has 0 spiro atoms. The second kappa shape index (κ2) is 5.86. The van der Waals surface area contributed by atoms with E-state index in [2.05, 4.69) is 35.7 Å². The lowest BCUT2D eigenvalue weighted by atomic mass is 9.94. The van der Waals surface area contributed by atoms with Gasteiger partial charge in [-0.25, -0.2) is 9.97 Å². The van der Waals surface area contributed by atoms with Crippen LogP contribution in [-0.2, 0) is 9.53 Å². The van der Waals surface area contributed by atoms with Crippen LogP contribution in [0.3, 0.4) is 0 Å². The van der Waals surface area contributed by atoms with Gasteiger partial charge in [-0.1, -0.05) is 0 Å². The van der Waals surface area contributed by atoms with Gasteiger partial charge in [-0.2, -0.15) is 0 Å². The molecular weight excluding hydrogens is 338 g/mol. The third kappa shape index (κ3) is 2.63. The molecule has 3 heterocycles. The lowest BCUT2D eigenvalue weighted by Gasteiger charge is -2.43. The molecule has 114 valence electrons. The number of carbonyl (C=O) groups is 1. The van der Waals surface area contributed by atoms with Crippen LogP contribution in [0.25, 0.3) is 0 Å². The fraction of sp³-hybridized carbons (Fsp3) is 0.615. The number of hydrogen-bond donors (Lipinski definition) is 1. The average Bonchev–Trinajstić information content (AvgIpc) is 2.99. The van der Waals surface area contributed by atoms with Crippen LogP contribution < -0.4 is 10.6 Å². The first-order chi connectivity index (χ1) is 10.1. The molecule has 7 nitrogen and oxygen atoms in total. The first-order valence-corrected chi connectivity index (χ1v) is 7.76. The molecular formula is C13H18BrN5O2. The van der Waals surface area contributed by atoms with Crippen molar-refractivity contribution in [1.29, 1.82) is 0 Å². The molecule has 2 fully saturated rings. The van der Waals surface area contributed by atoms with Crippen molar-refractivity contribution in [2.75, 3.05) is 44.3 Å². The number of carbonyl (C=O) groups excluding carboxylic acids is 1.